The fraction of sp³-hybridized carbons (Fsp3) is 0.462. The van der Waals surface area contributed by atoms with Gasteiger partial charge in [-0.2, -0.15) is 0 Å². The van der Waals surface area contributed by atoms with Crippen molar-refractivity contribution in [2.45, 2.75) is 33.2 Å². The molecule has 16 heavy (non-hydrogen) atoms. The van der Waals surface area contributed by atoms with E-state index in [0.29, 0.717) is 12.6 Å². The summed E-state index contributed by atoms with van der Waals surface area (Å²) in [4.78, 5) is 11.6. The van der Waals surface area contributed by atoms with Gasteiger partial charge in [0.2, 0.25) is 0 Å². The van der Waals surface area contributed by atoms with Gasteiger partial charge in [0.1, 0.15) is 0 Å². The summed E-state index contributed by atoms with van der Waals surface area (Å²) >= 11 is 0. The van der Waals surface area contributed by atoms with Crippen LogP contribution in [0.25, 0.3) is 0 Å². The van der Waals surface area contributed by atoms with Crippen molar-refractivity contribution in [1.82, 2.24) is 0 Å². The second-order valence-electron chi connectivity index (χ2n) is 4.24. The van der Waals surface area contributed by atoms with Crippen molar-refractivity contribution >= 4 is 11.6 Å². The van der Waals surface area contributed by atoms with E-state index in [-0.39, 0.29) is 5.91 Å². The standard InChI is InChI=1S/C13H20N2O/c1-4-11(3)14-9-13(16)15-12-7-5-6-10(2)8-12/h5-8,11,14H,4,9H2,1-3H3,(H,15,16)/p+1/t11-/m1/s1. The molecule has 1 atom stereocenters. The molecule has 0 fully saturated rings. The van der Waals surface area contributed by atoms with E-state index in [1.54, 1.807) is 0 Å². The largest absolute Gasteiger partial charge is 0.336 e. The van der Waals surface area contributed by atoms with Gasteiger partial charge in [-0.3, -0.25) is 4.79 Å². The first-order valence-electron chi connectivity index (χ1n) is 5.81. The first-order valence-corrected chi connectivity index (χ1v) is 5.81. The lowest BCUT2D eigenvalue weighted by Gasteiger charge is -2.08. The molecule has 3 N–H and O–H groups in total. The lowest BCUT2D eigenvalue weighted by Crippen LogP contribution is -2.90. The van der Waals surface area contributed by atoms with Gasteiger partial charge in [0, 0.05) is 5.69 Å². The third-order valence-corrected chi connectivity index (χ3v) is 2.65. The summed E-state index contributed by atoms with van der Waals surface area (Å²) in [5.41, 5.74) is 2.03. The average Bonchev–Trinajstić information content (AvgIpc) is 2.26. The van der Waals surface area contributed by atoms with Crippen LogP contribution in [-0.2, 0) is 4.79 Å². The molecule has 0 radical (unpaired) electrons. The molecule has 0 aliphatic rings. The number of carbonyl (C=O) groups is 1. The minimum absolute atomic E-state index is 0.0610. The summed E-state index contributed by atoms with van der Waals surface area (Å²) in [5.74, 6) is 0.0610. The van der Waals surface area contributed by atoms with Crippen molar-refractivity contribution in [3.8, 4) is 0 Å². The molecule has 0 heterocycles. The molecule has 0 spiro atoms. The highest BCUT2D eigenvalue weighted by molar-refractivity contribution is 5.91. The summed E-state index contributed by atoms with van der Waals surface area (Å²) in [7, 11) is 0. The maximum atomic E-state index is 11.6. The lowest BCUT2D eigenvalue weighted by atomic mass is 10.2. The Balaban J connectivity index is 2.40. The van der Waals surface area contributed by atoms with Crippen LogP contribution in [0, 0.1) is 6.92 Å². The van der Waals surface area contributed by atoms with Crippen LogP contribution in [0.2, 0.25) is 0 Å². The van der Waals surface area contributed by atoms with Crippen LogP contribution in [0.5, 0.6) is 0 Å². The van der Waals surface area contributed by atoms with Crippen LogP contribution in [-0.4, -0.2) is 18.5 Å². The number of benzene rings is 1. The molecule has 1 aromatic carbocycles. The molecule has 0 unspecified atom stereocenters. The van der Waals surface area contributed by atoms with Gasteiger partial charge in [0.15, 0.2) is 6.54 Å². The predicted molar refractivity (Wildman–Crippen MR) is 66.4 cm³/mol. The highest BCUT2D eigenvalue weighted by Gasteiger charge is 2.07. The molecular formula is C13H21N2O+. The van der Waals surface area contributed by atoms with Crippen molar-refractivity contribution in [2.24, 2.45) is 0 Å². The number of amides is 1. The first-order chi connectivity index (χ1) is 7.61. The number of nitrogens with two attached hydrogens (primary N) is 1. The van der Waals surface area contributed by atoms with E-state index >= 15 is 0 Å². The average molecular weight is 221 g/mol. The Labute approximate surface area is 97.2 Å². The quantitative estimate of drug-likeness (QED) is 0.773. The van der Waals surface area contributed by atoms with Crippen LogP contribution >= 0.6 is 0 Å². The van der Waals surface area contributed by atoms with E-state index in [4.69, 9.17) is 0 Å². The Morgan fingerprint density at radius 2 is 2.25 bits per heavy atom. The highest BCUT2D eigenvalue weighted by Crippen LogP contribution is 2.08. The Morgan fingerprint density at radius 1 is 1.50 bits per heavy atom. The maximum Gasteiger partial charge on any atom is 0.279 e. The molecule has 0 saturated carbocycles. The van der Waals surface area contributed by atoms with E-state index in [1.807, 2.05) is 31.2 Å². The molecule has 3 heteroatoms. The monoisotopic (exact) mass is 221 g/mol. The van der Waals surface area contributed by atoms with Crippen molar-refractivity contribution in [3.63, 3.8) is 0 Å². The minimum Gasteiger partial charge on any atom is -0.336 e. The summed E-state index contributed by atoms with van der Waals surface area (Å²) in [6, 6.07) is 8.35. The van der Waals surface area contributed by atoms with Gasteiger partial charge in [-0.1, -0.05) is 19.1 Å². The molecular weight excluding hydrogens is 200 g/mol. The van der Waals surface area contributed by atoms with Crippen molar-refractivity contribution in [2.75, 3.05) is 11.9 Å². The van der Waals surface area contributed by atoms with E-state index in [0.717, 1.165) is 17.7 Å². The second-order valence-corrected chi connectivity index (χ2v) is 4.24. The molecule has 1 rings (SSSR count). The van der Waals surface area contributed by atoms with Gasteiger partial charge in [0.05, 0.1) is 6.04 Å². The van der Waals surface area contributed by atoms with Crippen LogP contribution in [0.3, 0.4) is 0 Å². The number of rotatable bonds is 5. The molecule has 1 amide bonds. The number of nitrogens with one attached hydrogen (secondary N) is 1. The Morgan fingerprint density at radius 3 is 2.88 bits per heavy atom. The fourth-order valence-corrected chi connectivity index (χ4v) is 1.41. The summed E-state index contributed by atoms with van der Waals surface area (Å²) < 4.78 is 0. The number of hydrogen-bond acceptors (Lipinski definition) is 1. The van der Waals surface area contributed by atoms with Crippen molar-refractivity contribution < 1.29 is 10.1 Å². The zero-order chi connectivity index (χ0) is 12.0. The number of aryl methyl sites for hydroxylation is 1. The zero-order valence-electron chi connectivity index (χ0n) is 10.3. The molecule has 3 nitrogen and oxygen atoms in total. The SMILES string of the molecule is CC[C@@H](C)[NH2+]CC(=O)Nc1cccc(C)c1. The summed E-state index contributed by atoms with van der Waals surface area (Å²) in [5, 5.41) is 4.95. The van der Waals surface area contributed by atoms with Crippen molar-refractivity contribution in [3.05, 3.63) is 29.8 Å². The normalized spacial score (nSPS) is 12.2. The molecule has 0 aliphatic carbocycles. The smallest absolute Gasteiger partial charge is 0.279 e. The van der Waals surface area contributed by atoms with Crippen LogP contribution in [0.1, 0.15) is 25.8 Å². The third-order valence-electron chi connectivity index (χ3n) is 2.65. The highest BCUT2D eigenvalue weighted by atomic mass is 16.1. The predicted octanol–water partition coefficient (Wildman–Crippen LogP) is 1.30. The molecule has 0 bridgehead atoms. The van der Waals surface area contributed by atoms with Crippen LogP contribution in [0.4, 0.5) is 5.69 Å². The van der Waals surface area contributed by atoms with Crippen molar-refractivity contribution in [1.29, 1.82) is 0 Å². The summed E-state index contributed by atoms with van der Waals surface area (Å²) in [6.07, 6.45) is 1.08. The van der Waals surface area contributed by atoms with Gasteiger partial charge in [-0.25, -0.2) is 0 Å². The van der Waals surface area contributed by atoms with E-state index in [2.05, 4.69) is 24.5 Å². The van der Waals surface area contributed by atoms with Gasteiger partial charge in [0.25, 0.3) is 5.91 Å². The lowest BCUT2D eigenvalue weighted by molar-refractivity contribution is -0.675. The molecule has 88 valence electrons. The van der Waals surface area contributed by atoms with Crippen LogP contribution in [0.15, 0.2) is 24.3 Å². The number of carbonyl (C=O) groups excluding carboxylic acids is 1. The zero-order valence-corrected chi connectivity index (χ0v) is 10.3. The molecule has 0 aromatic heterocycles. The minimum atomic E-state index is 0.0610. The Bertz CT molecular complexity index is 350. The fourth-order valence-electron chi connectivity index (χ4n) is 1.41. The van der Waals surface area contributed by atoms with Gasteiger partial charge >= 0.3 is 0 Å². The first kappa shape index (κ1) is 12.7. The number of quaternary nitrogens is 1. The van der Waals surface area contributed by atoms with E-state index < -0.39 is 0 Å². The number of hydrogen-bond donors (Lipinski definition) is 2. The second kappa shape index (κ2) is 6.28. The van der Waals surface area contributed by atoms with E-state index in [9.17, 15) is 4.79 Å². The maximum absolute atomic E-state index is 11.6. The number of anilines is 1. The molecule has 0 aliphatic heterocycles. The van der Waals surface area contributed by atoms with Gasteiger partial charge in [-0.05, 0) is 38.0 Å². The molecule has 0 saturated heterocycles. The Hall–Kier alpha value is -1.35. The Kier molecular flexibility index (Phi) is 4.99. The summed E-state index contributed by atoms with van der Waals surface area (Å²) in [6.45, 7) is 6.75. The van der Waals surface area contributed by atoms with Crippen LogP contribution < -0.4 is 10.6 Å². The topological polar surface area (TPSA) is 45.7 Å². The molecule has 1 aromatic rings. The van der Waals surface area contributed by atoms with Gasteiger partial charge < -0.3 is 10.6 Å². The van der Waals surface area contributed by atoms with E-state index in [1.165, 1.54) is 0 Å². The van der Waals surface area contributed by atoms with Gasteiger partial charge in [-0.15, -0.1) is 0 Å². The third kappa shape index (κ3) is 4.45.